The number of nitrogens with two attached hydrogens (primary N) is 2. The average molecular weight is 625 g/mol. The van der Waals surface area contributed by atoms with Crippen LogP contribution < -0.4 is 11.5 Å². The molecule has 3 heterocycles. The number of aromatic amines is 3. The van der Waals surface area contributed by atoms with Crippen LogP contribution in [0.2, 0.25) is 0 Å². The van der Waals surface area contributed by atoms with Gasteiger partial charge in [-0.25, -0.2) is 13.2 Å². The third-order valence-corrected chi connectivity index (χ3v) is 6.84. The van der Waals surface area contributed by atoms with E-state index in [9.17, 15) is 32.9 Å². The third-order valence-electron chi connectivity index (χ3n) is 6.84. The Balaban J connectivity index is 0.000000160. The lowest BCUT2D eigenvalue weighted by Crippen LogP contribution is -2.32. The molecular weight excluding hydrogens is 597 g/mol. The number of rotatable bonds is 7. The molecule has 0 saturated heterocycles. The molecule has 0 aliphatic rings. The van der Waals surface area contributed by atoms with Crippen LogP contribution in [0.3, 0.4) is 0 Å². The zero-order valence-corrected chi connectivity index (χ0v) is 23.3. The van der Waals surface area contributed by atoms with Gasteiger partial charge in [0.1, 0.15) is 29.5 Å². The number of non-ortho nitro benzene ring substituents is 1. The average Bonchev–Trinajstić information content (AvgIpc) is 3.74. The summed E-state index contributed by atoms with van der Waals surface area (Å²) in [6.45, 7) is 0. The number of nitrogens with zero attached hydrogens (tertiary/aromatic N) is 1. The van der Waals surface area contributed by atoms with Gasteiger partial charge in [0.15, 0.2) is 0 Å². The van der Waals surface area contributed by atoms with Gasteiger partial charge >= 0.3 is 11.9 Å². The lowest BCUT2D eigenvalue weighted by atomic mass is 10.0. The highest BCUT2D eigenvalue weighted by atomic mass is 19.1. The first-order valence-electron chi connectivity index (χ1n) is 13.2. The fraction of sp³-hybridized carbons (Fsp3) is 0.133. The van der Waals surface area contributed by atoms with Crippen LogP contribution in [0.15, 0.2) is 73.2 Å². The summed E-state index contributed by atoms with van der Waals surface area (Å²) in [6, 6.07) is 11.4. The molecule has 15 heteroatoms. The topological polar surface area (TPSA) is 217 Å². The Labute approximate surface area is 251 Å². The SMILES string of the molecule is Fc1cccc2cc[nH]c12.NC(Cc1c[nH]c2c(F)ccc([N+](=O)[O-])c12)C(=O)O.NC(Cc1c[nH]c2c(F)cccc12)C(=O)O. The van der Waals surface area contributed by atoms with E-state index in [1.807, 2.05) is 12.1 Å². The second-order valence-corrected chi connectivity index (χ2v) is 9.84. The fourth-order valence-electron chi connectivity index (χ4n) is 4.62. The number of aliphatic carboxylic acids is 2. The number of aromatic nitrogens is 3. The summed E-state index contributed by atoms with van der Waals surface area (Å²) in [6.07, 6.45) is 4.71. The normalized spacial score (nSPS) is 12.2. The summed E-state index contributed by atoms with van der Waals surface area (Å²) in [4.78, 5) is 39.8. The number of nitrogens with one attached hydrogen (secondary N) is 3. The van der Waals surface area contributed by atoms with Gasteiger partial charge in [0.05, 0.1) is 26.9 Å². The minimum absolute atomic E-state index is 0.0261. The molecule has 0 aliphatic heterocycles. The van der Waals surface area contributed by atoms with Gasteiger partial charge in [0, 0.05) is 48.3 Å². The molecule has 0 amide bonds. The Hall–Kier alpha value is -5.67. The number of hydrogen-bond acceptors (Lipinski definition) is 6. The van der Waals surface area contributed by atoms with Gasteiger partial charge in [-0.3, -0.25) is 19.7 Å². The molecule has 0 aliphatic carbocycles. The van der Waals surface area contributed by atoms with E-state index in [1.54, 1.807) is 30.6 Å². The molecule has 0 bridgehead atoms. The summed E-state index contributed by atoms with van der Waals surface area (Å²) >= 11 is 0. The molecular formula is C30H27F3N6O6. The highest BCUT2D eigenvalue weighted by molar-refractivity contribution is 5.93. The largest absolute Gasteiger partial charge is 0.480 e. The Bertz CT molecular complexity index is 2000. The maximum Gasteiger partial charge on any atom is 0.320 e. The number of carbonyl (C=O) groups is 2. The van der Waals surface area contributed by atoms with E-state index >= 15 is 0 Å². The van der Waals surface area contributed by atoms with Crippen molar-refractivity contribution in [2.24, 2.45) is 11.5 Å². The van der Waals surface area contributed by atoms with Crippen molar-refractivity contribution in [1.29, 1.82) is 0 Å². The maximum absolute atomic E-state index is 13.5. The Morgan fingerprint density at radius 1 is 0.756 bits per heavy atom. The van der Waals surface area contributed by atoms with Crippen molar-refractivity contribution in [3.05, 3.63) is 112 Å². The molecule has 2 atom stereocenters. The predicted molar refractivity (Wildman–Crippen MR) is 160 cm³/mol. The number of carboxylic acids is 2. The smallest absolute Gasteiger partial charge is 0.320 e. The number of nitro groups is 1. The summed E-state index contributed by atoms with van der Waals surface area (Å²) in [7, 11) is 0. The van der Waals surface area contributed by atoms with Crippen LogP contribution in [0.4, 0.5) is 18.9 Å². The molecule has 9 N–H and O–H groups in total. The van der Waals surface area contributed by atoms with E-state index < -0.39 is 34.8 Å². The highest BCUT2D eigenvalue weighted by Gasteiger charge is 2.22. The number of benzene rings is 3. The maximum atomic E-state index is 13.5. The molecule has 0 saturated carbocycles. The molecule has 3 aromatic carbocycles. The molecule has 0 fully saturated rings. The lowest BCUT2D eigenvalue weighted by Gasteiger charge is -2.05. The van der Waals surface area contributed by atoms with Crippen molar-refractivity contribution >= 4 is 50.3 Å². The van der Waals surface area contributed by atoms with Gasteiger partial charge in [-0.2, -0.15) is 0 Å². The van der Waals surface area contributed by atoms with E-state index in [-0.39, 0.29) is 41.1 Å². The van der Waals surface area contributed by atoms with Gasteiger partial charge in [-0.1, -0.05) is 24.3 Å². The molecule has 234 valence electrons. The van der Waals surface area contributed by atoms with Crippen LogP contribution in [-0.4, -0.2) is 54.1 Å². The van der Waals surface area contributed by atoms with Crippen LogP contribution in [0.5, 0.6) is 0 Å². The molecule has 12 nitrogen and oxygen atoms in total. The Kier molecular flexibility index (Phi) is 9.85. The summed E-state index contributed by atoms with van der Waals surface area (Å²) < 4.78 is 39.6. The molecule has 2 unspecified atom stereocenters. The van der Waals surface area contributed by atoms with E-state index in [1.165, 1.54) is 18.3 Å². The number of halogens is 3. The minimum Gasteiger partial charge on any atom is -0.480 e. The molecule has 6 aromatic rings. The molecule has 6 rings (SSSR count). The second kappa shape index (κ2) is 13.7. The quantitative estimate of drug-likeness (QED) is 0.0970. The zero-order chi connectivity index (χ0) is 32.8. The zero-order valence-electron chi connectivity index (χ0n) is 23.3. The van der Waals surface area contributed by atoms with Crippen molar-refractivity contribution in [3.63, 3.8) is 0 Å². The second-order valence-electron chi connectivity index (χ2n) is 9.84. The molecule has 0 spiro atoms. The summed E-state index contributed by atoms with van der Waals surface area (Å²) in [5.74, 6) is -3.48. The third kappa shape index (κ3) is 7.29. The van der Waals surface area contributed by atoms with Crippen molar-refractivity contribution in [2.75, 3.05) is 0 Å². The molecule has 3 aromatic heterocycles. The first kappa shape index (κ1) is 32.2. The fourth-order valence-corrected chi connectivity index (χ4v) is 4.62. The monoisotopic (exact) mass is 624 g/mol. The minimum atomic E-state index is -1.23. The van der Waals surface area contributed by atoms with Gasteiger partial charge in [-0.15, -0.1) is 0 Å². The van der Waals surface area contributed by atoms with E-state index in [0.29, 0.717) is 27.5 Å². The first-order valence-corrected chi connectivity index (χ1v) is 13.2. The van der Waals surface area contributed by atoms with Crippen LogP contribution in [0, 0.1) is 27.6 Å². The molecule has 0 radical (unpaired) electrons. The number of nitro benzene ring substituents is 1. The van der Waals surface area contributed by atoms with Gasteiger partial charge < -0.3 is 36.6 Å². The van der Waals surface area contributed by atoms with E-state index in [4.69, 9.17) is 21.7 Å². The van der Waals surface area contributed by atoms with Gasteiger partial charge in [-0.05, 0) is 35.4 Å². The number of fused-ring (bicyclic) bond motifs is 3. The van der Waals surface area contributed by atoms with Crippen molar-refractivity contribution in [1.82, 2.24) is 15.0 Å². The highest BCUT2D eigenvalue weighted by Crippen LogP contribution is 2.31. The predicted octanol–water partition coefficient (Wildman–Crippen LogP) is 4.74. The van der Waals surface area contributed by atoms with Crippen LogP contribution >= 0.6 is 0 Å². The summed E-state index contributed by atoms with van der Waals surface area (Å²) in [5.41, 5.74) is 12.5. The number of carboxylic acid groups (broad SMARTS) is 2. The van der Waals surface area contributed by atoms with E-state index in [0.717, 1.165) is 17.5 Å². The Morgan fingerprint density at radius 2 is 1.31 bits per heavy atom. The van der Waals surface area contributed by atoms with Crippen molar-refractivity contribution in [3.8, 4) is 0 Å². The van der Waals surface area contributed by atoms with Crippen molar-refractivity contribution in [2.45, 2.75) is 24.9 Å². The van der Waals surface area contributed by atoms with Gasteiger partial charge in [0.2, 0.25) is 0 Å². The summed E-state index contributed by atoms with van der Waals surface area (Å²) in [5, 5.41) is 30.0. The van der Waals surface area contributed by atoms with Crippen LogP contribution in [0.1, 0.15) is 11.1 Å². The number of para-hydroxylation sites is 2. The standard InChI is InChI=1S/C11H10FN3O4.C11H11FN2O2.C8H6FN/c12-6-1-2-8(15(18)19)9-5(4-14-10(6)9)3-7(13)11(16)17;12-8-3-1-2-7-6(5-14-10(7)8)4-9(13)11(15)16;9-7-3-1-2-6-4-5-10-8(6)7/h1-2,4,7,14H,3,13H2,(H,16,17);1-3,5,9,14H,4,13H2,(H,15,16);1-5,10H. The van der Waals surface area contributed by atoms with Crippen LogP contribution in [0.25, 0.3) is 32.7 Å². The van der Waals surface area contributed by atoms with Crippen molar-refractivity contribution < 1.29 is 37.9 Å². The van der Waals surface area contributed by atoms with Crippen LogP contribution in [-0.2, 0) is 22.4 Å². The first-order chi connectivity index (χ1) is 21.4. The number of H-pyrrole nitrogens is 3. The molecule has 45 heavy (non-hydrogen) atoms. The van der Waals surface area contributed by atoms with Gasteiger partial charge in [0.25, 0.3) is 5.69 Å². The van der Waals surface area contributed by atoms with E-state index in [2.05, 4.69) is 15.0 Å². The number of hydrogen-bond donors (Lipinski definition) is 7. The lowest BCUT2D eigenvalue weighted by molar-refractivity contribution is -0.383. The Morgan fingerprint density at radius 3 is 1.93 bits per heavy atom.